The lowest BCUT2D eigenvalue weighted by Crippen LogP contribution is -2.18. The third kappa shape index (κ3) is 2.68. The van der Waals surface area contributed by atoms with E-state index < -0.39 is 0 Å². The molecule has 0 saturated carbocycles. The lowest BCUT2D eigenvalue weighted by molar-refractivity contribution is 0.413. The standard InChI is InChI=1S/C17H18N2O2/c1-5-12-7-13(8-16(21-4)15(12)9-18)14-6-11(2)17(20)19(3)10-14/h6-8,10H,5H2,1-4H3. The molecule has 0 radical (unpaired) electrons. The van der Waals surface area contributed by atoms with Crippen molar-refractivity contribution in [2.24, 2.45) is 7.05 Å². The second-order valence-electron chi connectivity index (χ2n) is 5.01. The molecule has 0 unspecified atom stereocenters. The summed E-state index contributed by atoms with van der Waals surface area (Å²) >= 11 is 0. The van der Waals surface area contributed by atoms with Gasteiger partial charge in [0.1, 0.15) is 11.8 Å². The van der Waals surface area contributed by atoms with Crippen molar-refractivity contribution in [3.63, 3.8) is 0 Å². The summed E-state index contributed by atoms with van der Waals surface area (Å²) in [5.41, 5.74) is 4.09. The first-order chi connectivity index (χ1) is 10.0. The van der Waals surface area contributed by atoms with Gasteiger partial charge in [0.15, 0.2) is 0 Å². The van der Waals surface area contributed by atoms with Crippen molar-refractivity contribution in [2.45, 2.75) is 20.3 Å². The number of nitriles is 1. The molecule has 0 N–H and O–H groups in total. The highest BCUT2D eigenvalue weighted by atomic mass is 16.5. The average molecular weight is 282 g/mol. The number of benzene rings is 1. The smallest absolute Gasteiger partial charge is 0.253 e. The quantitative estimate of drug-likeness (QED) is 0.869. The SMILES string of the molecule is CCc1cc(-c2cc(C)c(=O)n(C)c2)cc(OC)c1C#N. The van der Waals surface area contributed by atoms with Crippen LogP contribution in [0.4, 0.5) is 0 Å². The Bertz CT molecular complexity index is 731. The Labute approximate surface area is 124 Å². The minimum absolute atomic E-state index is 0.00456. The molecule has 21 heavy (non-hydrogen) atoms. The van der Waals surface area contributed by atoms with Gasteiger partial charge in [-0.3, -0.25) is 4.79 Å². The number of aromatic nitrogens is 1. The van der Waals surface area contributed by atoms with Crippen LogP contribution < -0.4 is 10.3 Å². The van der Waals surface area contributed by atoms with E-state index >= 15 is 0 Å². The van der Waals surface area contributed by atoms with Crippen molar-refractivity contribution in [3.8, 4) is 22.9 Å². The van der Waals surface area contributed by atoms with Gasteiger partial charge in [-0.05, 0) is 48.2 Å². The van der Waals surface area contributed by atoms with E-state index in [2.05, 4.69) is 6.07 Å². The van der Waals surface area contributed by atoms with E-state index in [1.165, 1.54) is 0 Å². The molecule has 0 spiro atoms. The molecule has 0 bridgehead atoms. The van der Waals surface area contributed by atoms with Gasteiger partial charge < -0.3 is 9.30 Å². The van der Waals surface area contributed by atoms with Crippen LogP contribution in [0.2, 0.25) is 0 Å². The predicted octanol–water partition coefficient (Wildman–Crippen LogP) is 2.80. The Balaban J connectivity index is 2.71. The Kier molecular flexibility index (Phi) is 4.13. The Morgan fingerprint density at radius 2 is 2.00 bits per heavy atom. The fourth-order valence-corrected chi connectivity index (χ4v) is 2.44. The van der Waals surface area contributed by atoms with Crippen molar-refractivity contribution >= 4 is 0 Å². The molecule has 1 aromatic carbocycles. The molecule has 108 valence electrons. The highest BCUT2D eigenvalue weighted by Gasteiger charge is 2.12. The molecule has 0 atom stereocenters. The van der Waals surface area contributed by atoms with Crippen LogP contribution >= 0.6 is 0 Å². The average Bonchev–Trinajstić information content (AvgIpc) is 2.50. The molecule has 2 aromatic rings. The van der Waals surface area contributed by atoms with Crippen LogP contribution in [0.1, 0.15) is 23.6 Å². The van der Waals surface area contributed by atoms with Gasteiger partial charge in [0.25, 0.3) is 5.56 Å². The van der Waals surface area contributed by atoms with Gasteiger partial charge in [0.05, 0.1) is 12.7 Å². The van der Waals surface area contributed by atoms with Crippen LogP contribution in [0.3, 0.4) is 0 Å². The van der Waals surface area contributed by atoms with Crippen LogP contribution in [0.25, 0.3) is 11.1 Å². The summed E-state index contributed by atoms with van der Waals surface area (Å²) in [6.07, 6.45) is 2.55. The zero-order valence-electron chi connectivity index (χ0n) is 12.7. The fourth-order valence-electron chi connectivity index (χ4n) is 2.44. The maximum Gasteiger partial charge on any atom is 0.253 e. The van der Waals surface area contributed by atoms with Crippen molar-refractivity contribution < 1.29 is 4.74 Å². The van der Waals surface area contributed by atoms with Gasteiger partial charge in [-0.15, -0.1) is 0 Å². The van der Waals surface area contributed by atoms with Gasteiger partial charge in [0, 0.05) is 18.8 Å². The van der Waals surface area contributed by atoms with Crippen molar-refractivity contribution in [3.05, 3.63) is 51.4 Å². The molecular weight excluding hydrogens is 264 g/mol. The molecule has 1 heterocycles. The Hall–Kier alpha value is -2.54. The topological polar surface area (TPSA) is 55.0 Å². The number of ether oxygens (including phenoxy) is 1. The largest absolute Gasteiger partial charge is 0.495 e. The van der Waals surface area contributed by atoms with E-state index in [9.17, 15) is 10.1 Å². The maximum absolute atomic E-state index is 11.8. The number of aryl methyl sites for hydroxylation is 3. The molecule has 0 aliphatic rings. The van der Waals surface area contributed by atoms with Gasteiger partial charge in [-0.25, -0.2) is 0 Å². The first-order valence-electron chi connectivity index (χ1n) is 6.80. The normalized spacial score (nSPS) is 10.2. The maximum atomic E-state index is 11.8. The van der Waals surface area contributed by atoms with Crippen LogP contribution in [0, 0.1) is 18.3 Å². The lowest BCUT2D eigenvalue weighted by atomic mass is 9.97. The molecule has 0 saturated heterocycles. The minimum Gasteiger partial charge on any atom is -0.495 e. The number of hydrogen-bond donors (Lipinski definition) is 0. The highest BCUT2D eigenvalue weighted by Crippen LogP contribution is 2.30. The zero-order valence-corrected chi connectivity index (χ0v) is 12.7. The van der Waals surface area contributed by atoms with E-state index in [1.54, 1.807) is 31.8 Å². The lowest BCUT2D eigenvalue weighted by Gasteiger charge is -2.12. The van der Waals surface area contributed by atoms with Crippen LogP contribution in [-0.4, -0.2) is 11.7 Å². The molecule has 1 aromatic heterocycles. The summed E-state index contributed by atoms with van der Waals surface area (Å²) in [5.74, 6) is 0.568. The van der Waals surface area contributed by atoms with E-state index in [1.807, 2.05) is 25.1 Å². The molecule has 0 fully saturated rings. The van der Waals surface area contributed by atoms with Crippen molar-refractivity contribution in [1.82, 2.24) is 4.57 Å². The monoisotopic (exact) mass is 282 g/mol. The van der Waals surface area contributed by atoms with E-state index in [4.69, 9.17) is 4.74 Å². The second kappa shape index (κ2) is 5.84. The summed E-state index contributed by atoms with van der Waals surface area (Å²) in [5, 5.41) is 9.27. The van der Waals surface area contributed by atoms with E-state index in [-0.39, 0.29) is 5.56 Å². The molecule has 0 aliphatic heterocycles. The van der Waals surface area contributed by atoms with Crippen molar-refractivity contribution in [1.29, 1.82) is 5.26 Å². The summed E-state index contributed by atoms with van der Waals surface area (Å²) < 4.78 is 6.90. The number of nitrogens with zero attached hydrogens (tertiary/aromatic N) is 2. The molecule has 2 rings (SSSR count). The van der Waals surface area contributed by atoms with Crippen LogP contribution in [-0.2, 0) is 13.5 Å². The zero-order chi connectivity index (χ0) is 15.6. The third-order valence-corrected chi connectivity index (χ3v) is 3.59. The Morgan fingerprint density at radius 1 is 1.29 bits per heavy atom. The second-order valence-corrected chi connectivity index (χ2v) is 5.01. The van der Waals surface area contributed by atoms with Crippen LogP contribution in [0.5, 0.6) is 5.75 Å². The summed E-state index contributed by atoms with van der Waals surface area (Å²) in [4.78, 5) is 11.8. The van der Waals surface area contributed by atoms with Gasteiger partial charge in [0.2, 0.25) is 0 Å². The Morgan fingerprint density at radius 3 is 2.52 bits per heavy atom. The van der Waals surface area contributed by atoms with Gasteiger partial charge in [-0.1, -0.05) is 6.92 Å². The molecule has 4 heteroatoms. The van der Waals surface area contributed by atoms with Crippen molar-refractivity contribution in [2.75, 3.05) is 7.11 Å². The summed E-state index contributed by atoms with van der Waals surface area (Å²) in [6, 6.07) is 7.89. The fraction of sp³-hybridized carbons (Fsp3) is 0.294. The molecule has 0 aliphatic carbocycles. The molecular formula is C17H18N2O2. The summed E-state index contributed by atoms with van der Waals surface area (Å²) in [7, 11) is 3.30. The first kappa shape index (κ1) is 14.9. The van der Waals surface area contributed by atoms with Gasteiger partial charge in [-0.2, -0.15) is 5.26 Å². The minimum atomic E-state index is -0.00456. The van der Waals surface area contributed by atoms with E-state index in [0.29, 0.717) is 16.9 Å². The molecule has 0 amide bonds. The third-order valence-electron chi connectivity index (χ3n) is 3.59. The summed E-state index contributed by atoms with van der Waals surface area (Å²) in [6.45, 7) is 3.80. The highest BCUT2D eigenvalue weighted by molar-refractivity contribution is 5.69. The number of pyridine rings is 1. The predicted molar refractivity (Wildman–Crippen MR) is 82.5 cm³/mol. The van der Waals surface area contributed by atoms with Gasteiger partial charge >= 0.3 is 0 Å². The van der Waals surface area contributed by atoms with E-state index in [0.717, 1.165) is 23.1 Å². The van der Waals surface area contributed by atoms with Crippen LogP contribution in [0.15, 0.2) is 29.2 Å². The number of hydrogen-bond acceptors (Lipinski definition) is 3. The number of rotatable bonds is 3. The molecule has 4 nitrogen and oxygen atoms in total. The first-order valence-corrected chi connectivity index (χ1v) is 6.80. The number of methoxy groups -OCH3 is 1.